The molecule has 0 radical (unpaired) electrons. The average Bonchev–Trinajstić information content (AvgIpc) is 2.97. The van der Waals surface area contributed by atoms with Crippen molar-refractivity contribution < 1.29 is 42.4 Å². The van der Waals surface area contributed by atoms with Crippen LogP contribution in [0.25, 0.3) is 33.4 Å². The number of fused-ring (bicyclic) bond motifs is 1. The Labute approximate surface area is 182 Å². The minimum atomic E-state index is -2.28. The molecule has 4 aromatic rings. The first-order valence-electron chi connectivity index (χ1n) is 8.34. The quantitative estimate of drug-likeness (QED) is 0.403. The molecule has 0 bridgehead atoms. The molecule has 0 unspecified atom stereocenters. The molecule has 0 aliphatic carbocycles. The molecule has 0 saturated carbocycles. The van der Waals surface area contributed by atoms with Crippen LogP contribution in [0.3, 0.4) is 0 Å². The van der Waals surface area contributed by atoms with Gasteiger partial charge in [0.25, 0.3) is 0 Å². The van der Waals surface area contributed by atoms with E-state index in [1.165, 1.54) is 0 Å². The van der Waals surface area contributed by atoms with Crippen LogP contribution in [-0.4, -0.2) is 0 Å². The fourth-order valence-corrected chi connectivity index (χ4v) is 3.87. The van der Waals surface area contributed by atoms with Gasteiger partial charge in [-0.15, -0.1) is 0 Å². The first-order valence-corrected chi connectivity index (χ1v) is 9.41. The van der Waals surface area contributed by atoms with Crippen molar-refractivity contribution in [3.05, 3.63) is 77.9 Å². The zero-order valence-corrected chi connectivity index (χ0v) is 18.3. The molecule has 0 aliphatic heterocycles. The molecular weight excluding hydrogens is 367 g/mol. The Morgan fingerprint density at radius 2 is 1.44 bits per heavy atom. The Hall–Kier alpha value is -1.85. The molecule has 5 heteroatoms. The molecule has 0 N–H and O–H groups in total. The summed E-state index contributed by atoms with van der Waals surface area (Å²) in [4.78, 5) is 0.272. The summed E-state index contributed by atoms with van der Waals surface area (Å²) in [5, 5.41) is 0.939. The minimum absolute atomic E-state index is 0. The smallest absolute Gasteiger partial charge is 0.456 e. The summed E-state index contributed by atoms with van der Waals surface area (Å²) in [6, 6.07) is 21.7. The van der Waals surface area contributed by atoms with E-state index >= 15 is 0 Å². The number of rotatable bonds is 3. The van der Waals surface area contributed by atoms with Crippen LogP contribution < -0.4 is 29.6 Å². The Bertz CT molecular complexity index is 1180. The van der Waals surface area contributed by atoms with Gasteiger partial charge in [0, 0.05) is 16.5 Å². The summed E-state index contributed by atoms with van der Waals surface area (Å²) in [7, 11) is -2.28. The topological polar surface area (TPSA) is 47.3 Å². The van der Waals surface area contributed by atoms with Gasteiger partial charge >= 0.3 is 29.6 Å². The van der Waals surface area contributed by atoms with Crippen molar-refractivity contribution in [3.63, 3.8) is 0 Å². The fraction of sp³-hybridized carbons (Fsp3) is 0.0909. The summed E-state index contributed by atoms with van der Waals surface area (Å²) in [6.07, 6.45) is 0. The zero-order valence-electron chi connectivity index (χ0n) is 15.5. The summed E-state index contributed by atoms with van der Waals surface area (Å²) in [5.74, 6) is 0.771. The third-order valence-electron chi connectivity index (χ3n) is 4.67. The molecule has 3 nitrogen and oxygen atoms in total. The first-order chi connectivity index (χ1) is 12.6. The van der Waals surface area contributed by atoms with Gasteiger partial charge < -0.3 is 12.8 Å². The predicted molar refractivity (Wildman–Crippen MR) is 104 cm³/mol. The Balaban J connectivity index is 0.00000210. The van der Waals surface area contributed by atoms with E-state index in [1.807, 2.05) is 49.4 Å². The van der Waals surface area contributed by atoms with Crippen LogP contribution in [-0.2, 0) is 19.1 Å². The molecule has 130 valence electrons. The minimum Gasteiger partial charge on any atom is -0.456 e. The van der Waals surface area contributed by atoms with Gasteiger partial charge in [-0.05, 0) is 47.8 Å². The maximum atomic E-state index is 11.4. The van der Waals surface area contributed by atoms with Crippen molar-refractivity contribution in [2.45, 2.75) is 18.7 Å². The SMILES string of the molecule is Cc1cc2c(C)c(-c3ccccc3-c3ccccc3)oc2cc1[S-](=O)=O.[Na+]. The fourth-order valence-electron chi connectivity index (χ4n) is 3.34. The molecule has 0 amide bonds. The largest absolute Gasteiger partial charge is 1.00 e. The second-order valence-corrected chi connectivity index (χ2v) is 7.23. The molecule has 27 heavy (non-hydrogen) atoms. The summed E-state index contributed by atoms with van der Waals surface area (Å²) in [5.41, 5.74) is 5.51. The van der Waals surface area contributed by atoms with Crippen LogP contribution >= 0.6 is 0 Å². The van der Waals surface area contributed by atoms with Gasteiger partial charge in [-0.1, -0.05) is 65.1 Å². The monoisotopic (exact) mass is 384 g/mol. The molecule has 1 heterocycles. The number of hydrogen-bond acceptors (Lipinski definition) is 4. The van der Waals surface area contributed by atoms with Crippen molar-refractivity contribution in [2.75, 3.05) is 0 Å². The summed E-state index contributed by atoms with van der Waals surface area (Å²) >= 11 is 0. The van der Waals surface area contributed by atoms with Crippen molar-refractivity contribution in [2.24, 2.45) is 0 Å². The predicted octanol–water partition coefficient (Wildman–Crippen LogP) is 3.06. The van der Waals surface area contributed by atoms with E-state index in [4.69, 9.17) is 4.42 Å². The van der Waals surface area contributed by atoms with Gasteiger partial charge in [-0.2, -0.15) is 0 Å². The summed E-state index contributed by atoms with van der Waals surface area (Å²) in [6.45, 7) is 3.81. The van der Waals surface area contributed by atoms with Gasteiger partial charge in [0.15, 0.2) is 0 Å². The molecular formula is C22H17NaO3S. The van der Waals surface area contributed by atoms with Crippen LogP contribution in [0.15, 0.2) is 76.0 Å². The van der Waals surface area contributed by atoms with Gasteiger partial charge in [0.2, 0.25) is 0 Å². The van der Waals surface area contributed by atoms with Crippen LogP contribution in [0.5, 0.6) is 0 Å². The summed E-state index contributed by atoms with van der Waals surface area (Å²) < 4.78 is 29.0. The maximum Gasteiger partial charge on any atom is 1.00 e. The number of aryl methyl sites for hydroxylation is 2. The second kappa shape index (κ2) is 8.03. The Morgan fingerprint density at radius 3 is 2.11 bits per heavy atom. The molecule has 0 atom stereocenters. The molecule has 4 rings (SSSR count). The average molecular weight is 384 g/mol. The van der Waals surface area contributed by atoms with E-state index in [1.54, 1.807) is 13.0 Å². The van der Waals surface area contributed by atoms with Crippen LogP contribution in [0, 0.1) is 13.8 Å². The maximum absolute atomic E-state index is 11.4. The molecule has 0 saturated heterocycles. The standard InChI is InChI=1S/C22H17O3S.Na/c1-14-12-19-15(2)22(25-20(19)13-21(14)26(23)24)18-11-7-6-10-17(18)16-8-4-3-5-9-16;/h3-13H,1-2H3;/q-1;+1. The van der Waals surface area contributed by atoms with E-state index in [0.717, 1.165) is 39.0 Å². The number of furan rings is 1. The molecule has 0 spiro atoms. The number of benzene rings is 3. The molecule has 1 aromatic heterocycles. The van der Waals surface area contributed by atoms with E-state index in [0.29, 0.717) is 5.58 Å². The number of hydrogen-bond donors (Lipinski definition) is 0. The molecule has 0 aliphatic rings. The van der Waals surface area contributed by atoms with Crippen LogP contribution in [0.1, 0.15) is 11.1 Å². The van der Waals surface area contributed by atoms with Crippen molar-refractivity contribution in [3.8, 4) is 22.5 Å². The van der Waals surface area contributed by atoms with Crippen molar-refractivity contribution >= 4 is 21.7 Å². The van der Waals surface area contributed by atoms with E-state index in [-0.39, 0.29) is 34.5 Å². The normalized spacial score (nSPS) is 10.9. The van der Waals surface area contributed by atoms with Crippen molar-refractivity contribution in [1.29, 1.82) is 0 Å². The Morgan fingerprint density at radius 1 is 0.815 bits per heavy atom. The Kier molecular flexibility index (Phi) is 5.92. The first kappa shape index (κ1) is 19.9. The van der Waals surface area contributed by atoms with Crippen LogP contribution in [0.4, 0.5) is 0 Å². The van der Waals surface area contributed by atoms with E-state index in [9.17, 15) is 8.42 Å². The third kappa shape index (κ3) is 3.63. The van der Waals surface area contributed by atoms with Crippen LogP contribution in [0.2, 0.25) is 0 Å². The zero-order chi connectivity index (χ0) is 18.3. The third-order valence-corrected chi connectivity index (χ3v) is 5.47. The van der Waals surface area contributed by atoms with Gasteiger partial charge in [0.05, 0.1) is 0 Å². The van der Waals surface area contributed by atoms with Gasteiger partial charge in [0.1, 0.15) is 11.3 Å². The van der Waals surface area contributed by atoms with E-state index < -0.39 is 10.7 Å². The van der Waals surface area contributed by atoms with Gasteiger partial charge in [-0.25, -0.2) is 0 Å². The molecule has 0 fully saturated rings. The second-order valence-electron chi connectivity index (χ2n) is 6.32. The van der Waals surface area contributed by atoms with Gasteiger partial charge in [-0.3, -0.25) is 0 Å². The molecule has 3 aromatic carbocycles. The van der Waals surface area contributed by atoms with E-state index in [2.05, 4.69) is 18.2 Å². The van der Waals surface area contributed by atoms with Crippen molar-refractivity contribution in [1.82, 2.24) is 0 Å².